The van der Waals surface area contributed by atoms with Crippen LogP contribution in [0.1, 0.15) is 93.2 Å². The van der Waals surface area contributed by atoms with E-state index in [9.17, 15) is 4.79 Å². The lowest BCUT2D eigenvalue weighted by Crippen LogP contribution is -2.45. The van der Waals surface area contributed by atoms with Crippen molar-refractivity contribution in [3.05, 3.63) is 53.1 Å². The summed E-state index contributed by atoms with van der Waals surface area (Å²) in [6.45, 7) is 8.90. The number of carbonyl (C=O) groups excluding carboxylic acids is 1. The maximum atomic E-state index is 13.0. The Labute approximate surface area is 227 Å². The van der Waals surface area contributed by atoms with Crippen LogP contribution in [0.4, 0.5) is 5.69 Å². The third-order valence-corrected chi connectivity index (χ3v) is 9.28. The number of rotatable bonds is 4. The van der Waals surface area contributed by atoms with E-state index in [0.29, 0.717) is 5.94 Å². The number of aromatic nitrogens is 2. The molecule has 4 heterocycles. The molecule has 0 spiro atoms. The minimum atomic E-state index is -0.422. The van der Waals surface area contributed by atoms with Crippen LogP contribution in [0.3, 0.4) is 0 Å². The minimum Gasteiger partial charge on any atom is -0.363 e. The Hall–Kier alpha value is -2.64. The van der Waals surface area contributed by atoms with Crippen LogP contribution in [0, 0.1) is 16.7 Å². The Morgan fingerprint density at radius 1 is 1.21 bits per heavy atom. The van der Waals surface area contributed by atoms with E-state index in [-0.39, 0.29) is 41.0 Å². The molecule has 8 nitrogen and oxygen atoms in total. The summed E-state index contributed by atoms with van der Waals surface area (Å²) >= 11 is 1.37. The number of nitriles is 1. The number of fused-ring (bicyclic) bond motifs is 5. The van der Waals surface area contributed by atoms with Gasteiger partial charge in [-0.15, -0.1) is 0 Å². The number of amides is 1. The lowest BCUT2D eigenvalue weighted by molar-refractivity contribution is -0.152. The lowest BCUT2D eigenvalue weighted by atomic mass is 9.75. The van der Waals surface area contributed by atoms with Gasteiger partial charge in [0.1, 0.15) is 29.9 Å². The zero-order valence-electron chi connectivity index (χ0n) is 22.3. The van der Waals surface area contributed by atoms with Crippen molar-refractivity contribution in [1.82, 2.24) is 9.97 Å². The maximum Gasteiger partial charge on any atom is 0.291 e. The third-order valence-electron chi connectivity index (χ3n) is 8.71. The monoisotopic (exact) mass is 534 g/mol. The van der Waals surface area contributed by atoms with Gasteiger partial charge in [0.25, 0.3) is 5.91 Å². The van der Waals surface area contributed by atoms with Crippen LogP contribution in [0.5, 0.6) is 0 Å². The van der Waals surface area contributed by atoms with Crippen molar-refractivity contribution in [3.63, 3.8) is 0 Å². The number of aromatic amines is 1. The van der Waals surface area contributed by atoms with Crippen molar-refractivity contribution in [2.24, 2.45) is 5.41 Å². The van der Waals surface area contributed by atoms with E-state index in [1.54, 1.807) is 0 Å². The Bertz CT molecular complexity index is 1320. The summed E-state index contributed by atoms with van der Waals surface area (Å²) in [5, 5.41) is 12.1. The van der Waals surface area contributed by atoms with Gasteiger partial charge in [-0.2, -0.15) is 5.26 Å². The molecule has 0 saturated carbocycles. The first kappa shape index (κ1) is 25.6. The number of imidazole rings is 1. The molecule has 1 aliphatic carbocycles. The van der Waals surface area contributed by atoms with Gasteiger partial charge in [-0.25, -0.2) is 4.98 Å². The molecular formula is C29H34N4O4S. The zero-order chi connectivity index (χ0) is 26.7. The molecule has 1 unspecified atom stereocenters. The second-order valence-corrected chi connectivity index (χ2v) is 13.0. The van der Waals surface area contributed by atoms with Gasteiger partial charge in [0.05, 0.1) is 17.4 Å². The fraction of sp³-hybridized carbons (Fsp3) is 0.552. The van der Waals surface area contributed by atoms with Gasteiger partial charge in [0, 0.05) is 23.3 Å². The Balaban J connectivity index is 1.34. The highest BCUT2D eigenvalue weighted by molar-refractivity contribution is 7.94. The van der Waals surface area contributed by atoms with E-state index < -0.39 is 11.2 Å². The Kier molecular flexibility index (Phi) is 6.23. The second-order valence-electron chi connectivity index (χ2n) is 12.3. The summed E-state index contributed by atoms with van der Waals surface area (Å²) in [5.74, 6) is 0.555. The second kappa shape index (κ2) is 9.23. The van der Waals surface area contributed by atoms with Crippen LogP contribution in [-0.2, 0) is 13.7 Å². The van der Waals surface area contributed by atoms with Gasteiger partial charge in [0.2, 0.25) is 0 Å². The molecular weight excluding hydrogens is 500 g/mol. The van der Waals surface area contributed by atoms with Gasteiger partial charge in [0.15, 0.2) is 5.82 Å². The van der Waals surface area contributed by atoms with Gasteiger partial charge in [-0.05, 0) is 80.6 Å². The van der Waals surface area contributed by atoms with Gasteiger partial charge >= 0.3 is 0 Å². The average molecular weight is 535 g/mol. The maximum absolute atomic E-state index is 13.0. The van der Waals surface area contributed by atoms with Crippen molar-refractivity contribution in [1.29, 1.82) is 5.26 Å². The molecule has 9 heteroatoms. The number of hydrogen-bond acceptors (Lipinski definition) is 7. The van der Waals surface area contributed by atoms with E-state index in [1.165, 1.54) is 29.4 Å². The van der Waals surface area contributed by atoms with E-state index in [2.05, 4.69) is 61.2 Å². The normalized spacial score (nSPS) is 33.7. The summed E-state index contributed by atoms with van der Waals surface area (Å²) in [5.41, 5.74) is 3.98. The van der Waals surface area contributed by atoms with Crippen molar-refractivity contribution < 1.29 is 18.5 Å². The highest BCUT2D eigenvalue weighted by Gasteiger charge is 2.65. The largest absolute Gasteiger partial charge is 0.363 e. The third kappa shape index (κ3) is 4.47. The SMILES string of the molecule is CC1(C)CC=C(c2cc(C3C[C@@]4(C)O[C@@](C)(C3)[C@@H]3OCSO[C@@H]34)ccc2NC(=O)c2ncc(C#N)[nH]2)CC1. The number of allylic oxidation sites excluding steroid dienone is 2. The molecule has 4 aliphatic rings. The van der Waals surface area contributed by atoms with Crippen LogP contribution < -0.4 is 5.32 Å². The highest BCUT2D eigenvalue weighted by atomic mass is 32.2. The zero-order valence-corrected chi connectivity index (χ0v) is 23.1. The molecule has 3 fully saturated rings. The molecule has 6 rings (SSSR count). The van der Waals surface area contributed by atoms with Gasteiger partial charge < -0.3 is 24.0 Å². The Morgan fingerprint density at radius 3 is 2.71 bits per heavy atom. The number of nitrogens with one attached hydrogen (secondary N) is 2. The summed E-state index contributed by atoms with van der Waals surface area (Å²) in [4.78, 5) is 19.8. The number of benzene rings is 1. The first-order valence-electron chi connectivity index (χ1n) is 13.3. The first-order valence-corrected chi connectivity index (χ1v) is 14.2. The number of nitrogens with zero attached hydrogens (tertiary/aromatic N) is 2. The average Bonchev–Trinajstić information content (AvgIpc) is 3.44. The van der Waals surface area contributed by atoms with Crippen molar-refractivity contribution in [3.8, 4) is 6.07 Å². The molecule has 3 saturated heterocycles. The molecule has 2 N–H and O–H groups in total. The smallest absolute Gasteiger partial charge is 0.291 e. The van der Waals surface area contributed by atoms with Crippen molar-refractivity contribution >= 4 is 29.2 Å². The van der Waals surface area contributed by atoms with E-state index in [0.717, 1.165) is 43.4 Å². The van der Waals surface area contributed by atoms with Crippen LogP contribution in [0.25, 0.3) is 5.57 Å². The fourth-order valence-electron chi connectivity index (χ4n) is 6.70. The predicted molar refractivity (Wildman–Crippen MR) is 145 cm³/mol. The number of H-pyrrole nitrogens is 1. The van der Waals surface area contributed by atoms with E-state index in [1.807, 2.05) is 12.1 Å². The number of ether oxygens (including phenoxy) is 2. The molecule has 1 aromatic heterocycles. The molecule has 3 aliphatic heterocycles. The molecule has 1 aromatic carbocycles. The van der Waals surface area contributed by atoms with E-state index >= 15 is 0 Å². The quantitative estimate of drug-likeness (QED) is 0.467. The molecule has 1 amide bonds. The highest BCUT2D eigenvalue weighted by Crippen LogP contribution is 2.57. The minimum absolute atomic E-state index is 0.0772. The fourth-order valence-corrected chi connectivity index (χ4v) is 7.40. The van der Waals surface area contributed by atoms with Crippen LogP contribution >= 0.6 is 12.0 Å². The summed E-state index contributed by atoms with van der Waals surface area (Å²) in [6, 6.07) is 8.37. The summed E-state index contributed by atoms with van der Waals surface area (Å²) in [7, 11) is 0. The predicted octanol–water partition coefficient (Wildman–Crippen LogP) is 5.94. The molecule has 0 radical (unpaired) electrons. The Morgan fingerprint density at radius 2 is 2.00 bits per heavy atom. The van der Waals surface area contributed by atoms with Gasteiger partial charge in [-0.1, -0.05) is 26.0 Å². The molecule has 2 aromatic rings. The molecule has 38 heavy (non-hydrogen) atoms. The van der Waals surface area contributed by atoms with Crippen LogP contribution in [0.2, 0.25) is 0 Å². The summed E-state index contributed by atoms with van der Waals surface area (Å²) in [6.07, 6.45) is 8.24. The number of carbonyl (C=O) groups is 1. The standard InChI is InChI=1S/C29H34N4O4S/c1-27(2)9-7-17(8-10-27)21-11-18(5-6-22(21)33-26(34)25-31-15-20(14-30)32-25)19-12-28(3)23-24(36-38-16-35-23)29(4,13-19)37-28/h5-7,11,15,19,23-24H,8-10,12-13,16H2,1-4H3,(H,31,32)(H,33,34)/t19?,23-,24+,28+,29-/m1/s1. The topological polar surface area (TPSA) is 109 Å². The van der Waals surface area contributed by atoms with Crippen LogP contribution in [-0.4, -0.2) is 45.2 Å². The van der Waals surface area contributed by atoms with Gasteiger partial charge in [-0.3, -0.25) is 4.79 Å². The number of anilines is 1. The molecule has 200 valence electrons. The lowest BCUT2D eigenvalue weighted by Gasteiger charge is -2.41. The van der Waals surface area contributed by atoms with Crippen LogP contribution in [0.15, 0.2) is 30.5 Å². The first-order chi connectivity index (χ1) is 18.1. The van der Waals surface area contributed by atoms with Crippen molar-refractivity contribution in [2.45, 2.75) is 89.1 Å². The molecule has 5 atom stereocenters. The summed E-state index contributed by atoms with van der Waals surface area (Å²) < 4.78 is 18.9. The van der Waals surface area contributed by atoms with E-state index in [4.69, 9.17) is 18.9 Å². The molecule has 2 bridgehead atoms. The van der Waals surface area contributed by atoms with Crippen molar-refractivity contribution in [2.75, 3.05) is 11.3 Å². The number of hydrogen-bond donors (Lipinski definition) is 2.